The predicted molar refractivity (Wildman–Crippen MR) is 77.0 cm³/mol. The third-order valence-electron chi connectivity index (χ3n) is 2.64. The standard InChI is InChI=1S/C14H18BrNO2/c1-18-13(14(16)17)10-4-2-3-7-11-8-5-6-9-12(11)15/h3,5-9,13H,2,4,10H2,1H3,(H2,16,17)/b7-3+. The van der Waals surface area contributed by atoms with Crippen molar-refractivity contribution in [3.05, 3.63) is 40.4 Å². The number of hydrogen-bond donors (Lipinski definition) is 1. The molecule has 1 atom stereocenters. The van der Waals surface area contributed by atoms with Gasteiger partial charge in [-0.1, -0.05) is 46.3 Å². The Kier molecular flexibility index (Phi) is 6.68. The van der Waals surface area contributed by atoms with Gasteiger partial charge in [-0.05, 0) is 30.9 Å². The minimum atomic E-state index is -0.470. The average molecular weight is 312 g/mol. The van der Waals surface area contributed by atoms with Gasteiger partial charge in [-0.3, -0.25) is 4.79 Å². The SMILES string of the molecule is COC(CCC/C=C/c1ccccc1Br)C(N)=O. The molecule has 1 unspecified atom stereocenters. The van der Waals surface area contributed by atoms with Crippen LogP contribution in [0.5, 0.6) is 0 Å². The lowest BCUT2D eigenvalue weighted by Gasteiger charge is -2.09. The normalized spacial score (nSPS) is 12.8. The van der Waals surface area contributed by atoms with Gasteiger partial charge < -0.3 is 10.5 Å². The van der Waals surface area contributed by atoms with Gasteiger partial charge in [0.25, 0.3) is 0 Å². The quantitative estimate of drug-likeness (QED) is 0.786. The number of amides is 1. The second-order valence-corrected chi connectivity index (χ2v) is 4.84. The van der Waals surface area contributed by atoms with Crippen molar-refractivity contribution in [2.45, 2.75) is 25.4 Å². The fourth-order valence-electron chi connectivity index (χ4n) is 1.62. The number of benzene rings is 1. The monoisotopic (exact) mass is 311 g/mol. The van der Waals surface area contributed by atoms with E-state index in [2.05, 4.69) is 28.1 Å². The minimum absolute atomic E-state index is 0.396. The summed E-state index contributed by atoms with van der Waals surface area (Å²) in [6.07, 6.45) is 6.12. The summed E-state index contributed by atoms with van der Waals surface area (Å²) < 4.78 is 6.07. The highest BCUT2D eigenvalue weighted by Gasteiger charge is 2.12. The van der Waals surface area contributed by atoms with E-state index < -0.39 is 12.0 Å². The number of methoxy groups -OCH3 is 1. The summed E-state index contributed by atoms with van der Waals surface area (Å²) in [5.41, 5.74) is 6.33. The maximum Gasteiger partial charge on any atom is 0.246 e. The van der Waals surface area contributed by atoms with Crippen LogP contribution in [0.25, 0.3) is 6.08 Å². The Morgan fingerprint density at radius 3 is 2.83 bits per heavy atom. The van der Waals surface area contributed by atoms with Gasteiger partial charge in [-0.2, -0.15) is 0 Å². The molecule has 0 aliphatic carbocycles. The number of rotatable bonds is 7. The largest absolute Gasteiger partial charge is 0.372 e. The van der Waals surface area contributed by atoms with Crippen LogP contribution in [-0.2, 0) is 9.53 Å². The smallest absolute Gasteiger partial charge is 0.246 e. The second kappa shape index (κ2) is 8.06. The van der Waals surface area contributed by atoms with E-state index in [0.29, 0.717) is 6.42 Å². The molecule has 18 heavy (non-hydrogen) atoms. The van der Waals surface area contributed by atoms with E-state index >= 15 is 0 Å². The summed E-state index contributed by atoms with van der Waals surface area (Å²) in [7, 11) is 1.51. The van der Waals surface area contributed by atoms with Gasteiger partial charge >= 0.3 is 0 Å². The molecule has 2 N–H and O–H groups in total. The molecule has 3 nitrogen and oxygen atoms in total. The number of nitrogens with two attached hydrogens (primary N) is 1. The van der Waals surface area contributed by atoms with Crippen molar-refractivity contribution in [3.63, 3.8) is 0 Å². The van der Waals surface area contributed by atoms with Crippen molar-refractivity contribution in [3.8, 4) is 0 Å². The lowest BCUT2D eigenvalue weighted by molar-refractivity contribution is -0.128. The number of allylic oxidation sites excluding steroid dienone is 1. The molecule has 0 bridgehead atoms. The Bertz CT molecular complexity index is 418. The summed E-state index contributed by atoms with van der Waals surface area (Å²) in [6.45, 7) is 0. The summed E-state index contributed by atoms with van der Waals surface area (Å²) in [5, 5.41) is 0. The van der Waals surface area contributed by atoms with Crippen molar-refractivity contribution >= 4 is 27.9 Å². The number of carbonyl (C=O) groups is 1. The third-order valence-corrected chi connectivity index (χ3v) is 3.36. The van der Waals surface area contributed by atoms with Crippen LogP contribution in [0.1, 0.15) is 24.8 Å². The lowest BCUT2D eigenvalue weighted by Crippen LogP contribution is -2.29. The first kappa shape index (κ1) is 14.9. The first-order valence-corrected chi connectivity index (χ1v) is 6.67. The number of unbranched alkanes of at least 4 members (excludes halogenated alkanes) is 1. The molecular formula is C14H18BrNO2. The first-order valence-electron chi connectivity index (χ1n) is 5.88. The summed E-state index contributed by atoms with van der Waals surface area (Å²) in [4.78, 5) is 10.9. The molecule has 0 fully saturated rings. The highest BCUT2D eigenvalue weighted by molar-refractivity contribution is 9.10. The van der Waals surface area contributed by atoms with Crippen molar-refractivity contribution in [1.29, 1.82) is 0 Å². The summed E-state index contributed by atoms with van der Waals surface area (Å²) in [6, 6.07) is 8.03. The molecule has 0 aliphatic heterocycles. The topological polar surface area (TPSA) is 52.3 Å². The molecule has 0 heterocycles. The Morgan fingerprint density at radius 1 is 1.50 bits per heavy atom. The molecular weight excluding hydrogens is 294 g/mol. The number of carbonyl (C=O) groups excluding carboxylic acids is 1. The van der Waals surface area contributed by atoms with E-state index in [-0.39, 0.29) is 0 Å². The van der Waals surface area contributed by atoms with Crippen LogP contribution >= 0.6 is 15.9 Å². The van der Waals surface area contributed by atoms with Crippen LogP contribution in [-0.4, -0.2) is 19.1 Å². The number of ether oxygens (including phenoxy) is 1. The third kappa shape index (κ3) is 5.02. The summed E-state index contributed by atoms with van der Waals surface area (Å²) >= 11 is 3.49. The van der Waals surface area contributed by atoms with E-state index in [0.717, 1.165) is 22.9 Å². The minimum Gasteiger partial charge on any atom is -0.372 e. The van der Waals surface area contributed by atoms with Gasteiger partial charge in [0.1, 0.15) is 6.10 Å². The van der Waals surface area contributed by atoms with Gasteiger partial charge in [0.05, 0.1) is 0 Å². The zero-order chi connectivity index (χ0) is 13.4. The van der Waals surface area contributed by atoms with Gasteiger partial charge in [0.2, 0.25) is 5.91 Å². The highest BCUT2D eigenvalue weighted by Crippen LogP contribution is 2.17. The van der Waals surface area contributed by atoms with E-state index in [9.17, 15) is 4.79 Å². The van der Waals surface area contributed by atoms with E-state index in [1.165, 1.54) is 7.11 Å². The van der Waals surface area contributed by atoms with Gasteiger partial charge in [0, 0.05) is 11.6 Å². The van der Waals surface area contributed by atoms with E-state index in [1.807, 2.05) is 24.3 Å². The predicted octanol–water partition coefficient (Wildman–Crippen LogP) is 3.13. The molecule has 0 aromatic heterocycles. The van der Waals surface area contributed by atoms with Crippen LogP contribution in [0, 0.1) is 0 Å². The number of halogens is 1. The van der Waals surface area contributed by atoms with Gasteiger partial charge in [-0.15, -0.1) is 0 Å². The maximum atomic E-state index is 10.9. The maximum absolute atomic E-state index is 10.9. The number of primary amides is 1. The van der Waals surface area contributed by atoms with Crippen molar-refractivity contribution < 1.29 is 9.53 Å². The molecule has 0 aliphatic rings. The molecule has 4 heteroatoms. The molecule has 1 amide bonds. The van der Waals surface area contributed by atoms with Crippen LogP contribution < -0.4 is 5.73 Å². The number of hydrogen-bond acceptors (Lipinski definition) is 2. The summed E-state index contributed by atoms with van der Waals surface area (Å²) in [5.74, 6) is -0.396. The van der Waals surface area contributed by atoms with Crippen LogP contribution in [0.3, 0.4) is 0 Å². The van der Waals surface area contributed by atoms with Crippen LogP contribution in [0.4, 0.5) is 0 Å². The Hall–Kier alpha value is -1.13. The highest BCUT2D eigenvalue weighted by atomic mass is 79.9. The van der Waals surface area contributed by atoms with Gasteiger partial charge in [-0.25, -0.2) is 0 Å². The van der Waals surface area contributed by atoms with Crippen molar-refractivity contribution in [2.75, 3.05) is 7.11 Å². The van der Waals surface area contributed by atoms with E-state index in [4.69, 9.17) is 10.5 Å². The van der Waals surface area contributed by atoms with Crippen LogP contribution in [0.15, 0.2) is 34.8 Å². The molecule has 0 radical (unpaired) electrons. The van der Waals surface area contributed by atoms with Crippen LogP contribution in [0.2, 0.25) is 0 Å². The Balaban J connectivity index is 2.34. The van der Waals surface area contributed by atoms with Gasteiger partial charge in [0.15, 0.2) is 0 Å². The Labute approximate surface area is 116 Å². The second-order valence-electron chi connectivity index (χ2n) is 3.98. The fraction of sp³-hybridized carbons (Fsp3) is 0.357. The van der Waals surface area contributed by atoms with Crippen molar-refractivity contribution in [1.82, 2.24) is 0 Å². The molecule has 98 valence electrons. The van der Waals surface area contributed by atoms with Crippen molar-refractivity contribution in [2.24, 2.45) is 5.73 Å². The molecule has 0 spiro atoms. The molecule has 1 aromatic carbocycles. The zero-order valence-electron chi connectivity index (χ0n) is 10.4. The fourth-order valence-corrected chi connectivity index (χ4v) is 2.03. The lowest BCUT2D eigenvalue weighted by atomic mass is 10.1. The van der Waals surface area contributed by atoms with E-state index in [1.54, 1.807) is 0 Å². The molecule has 1 aromatic rings. The molecule has 0 saturated carbocycles. The Morgan fingerprint density at radius 2 is 2.22 bits per heavy atom. The first-order chi connectivity index (χ1) is 8.65. The zero-order valence-corrected chi connectivity index (χ0v) is 12.0. The molecule has 0 saturated heterocycles. The average Bonchev–Trinajstić information content (AvgIpc) is 2.35. The molecule has 1 rings (SSSR count).